The Bertz CT molecular complexity index is 837. The van der Waals surface area contributed by atoms with E-state index in [1.165, 1.54) is 0 Å². The Morgan fingerprint density at radius 2 is 1.55 bits per heavy atom. The topological polar surface area (TPSA) is 26.3 Å². The Morgan fingerprint density at radius 1 is 0.950 bits per heavy atom. The summed E-state index contributed by atoms with van der Waals surface area (Å²) in [6.45, 7) is 3.61. The van der Waals surface area contributed by atoms with Crippen LogP contribution >= 0.6 is 22.6 Å². The molecule has 0 spiro atoms. The normalized spacial score (nSPS) is 10.7. The molecule has 0 aliphatic carbocycles. The third-order valence-electron chi connectivity index (χ3n) is 3.15. The van der Waals surface area contributed by atoms with E-state index in [-0.39, 0.29) is 0 Å². The SMILES string of the molecule is C=C(I)C(=O)Oc1cc2ccccc2c2ccccc12. The van der Waals surface area contributed by atoms with Crippen molar-refractivity contribution in [3.8, 4) is 5.75 Å². The average molecular weight is 374 g/mol. The number of rotatable bonds is 2. The highest BCUT2D eigenvalue weighted by Crippen LogP contribution is 2.33. The summed E-state index contributed by atoms with van der Waals surface area (Å²) in [4.78, 5) is 11.8. The average Bonchev–Trinajstić information content (AvgIpc) is 2.47. The van der Waals surface area contributed by atoms with E-state index in [2.05, 4.69) is 12.6 Å². The van der Waals surface area contributed by atoms with Crippen molar-refractivity contribution in [2.24, 2.45) is 0 Å². The molecule has 20 heavy (non-hydrogen) atoms. The van der Waals surface area contributed by atoms with Gasteiger partial charge in [0.2, 0.25) is 0 Å². The Hall–Kier alpha value is -1.88. The quantitative estimate of drug-likeness (QED) is 0.211. The van der Waals surface area contributed by atoms with Crippen molar-refractivity contribution in [2.75, 3.05) is 0 Å². The maximum absolute atomic E-state index is 11.8. The van der Waals surface area contributed by atoms with E-state index in [1.54, 1.807) is 0 Å². The third-order valence-corrected chi connectivity index (χ3v) is 3.59. The molecular formula is C17H11IO2. The van der Waals surface area contributed by atoms with Gasteiger partial charge in [0.15, 0.2) is 0 Å². The smallest absolute Gasteiger partial charge is 0.349 e. The number of benzene rings is 3. The van der Waals surface area contributed by atoms with E-state index < -0.39 is 5.97 Å². The fraction of sp³-hybridized carbons (Fsp3) is 0. The van der Waals surface area contributed by atoms with Gasteiger partial charge in [-0.3, -0.25) is 0 Å². The van der Waals surface area contributed by atoms with E-state index in [1.807, 2.05) is 71.1 Å². The Morgan fingerprint density at radius 3 is 2.25 bits per heavy atom. The van der Waals surface area contributed by atoms with Crippen molar-refractivity contribution >= 4 is 50.1 Å². The Labute approximate surface area is 130 Å². The monoisotopic (exact) mass is 374 g/mol. The maximum Gasteiger partial charge on any atom is 0.349 e. The molecule has 0 fully saturated rings. The number of esters is 1. The zero-order valence-electron chi connectivity index (χ0n) is 10.6. The van der Waals surface area contributed by atoms with Gasteiger partial charge in [0.25, 0.3) is 0 Å². The van der Waals surface area contributed by atoms with Gasteiger partial charge in [0.05, 0.1) is 3.58 Å². The summed E-state index contributed by atoms with van der Waals surface area (Å²) in [5, 5.41) is 4.20. The number of carbonyl (C=O) groups excluding carboxylic acids is 1. The van der Waals surface area contributed by atoms with Crippen LogP contribution in [0.15, 0.2) is 64.8 Å². The van der Waals surface area contributed by atoms with Crippen LogP contribution in [0.5, 0.6) is 5.75 Å². The van der Waals surface area contributed by atoms with Crippen LogP contribution in [0.2, 0.25) is 0 Å². The molecule has 0 aliphatic rings. The standard InChI is InChI=1S/C17H11IO2/c1-11(18)17(19)20-16-10-12-6-2-3-7-13(12)14-8-4-5-9-15(14)16/h2-10H,1H2. The highest BCUT2D eigenvalue weighted by molar-refractivity contribution is 14.1. The molecule has 0 saturated heterocycles. The van der Waals surface area contributed by atoms with Crippen molar-refractivity contribution in [3.05, 3.63) is 64.8 Å². The molecule has 0 radical (unpaired) electrons. The molecule has 0 N–H and O–H groups in total. The number of fused-ring (bicyclic) bond motifs is 3. The summed E-state index contributed by atoms with van der Waals surface area (Å²) >= 11 is 1.87. The van der Waals surface area contributed by atoms with Crippen molar-refractivity contribution in [3.63, 3.8) is 0 Å². The number of hydrogen-bond donors (Lipinski definition) is 0. The van der Waals surface area contributed by atoms with Crippen molar-refractivity contribution in [1.82, 2.24) is 0 Å². The minimum absolute atomic E-state index is 0.361. The van der Waals surface area contributed by atoms with Crippen LogP contribution in [0.25, 0.3) is 21.5 Å². The molecule has 0 saturated carbocycles. The lowest BCUT2D eigenvalue weighted by molar-refractivity contribution is -0.129. The predicted molar refractivity (Wildman–Crippen MR) is 90.2 cm³/mol. The minimum atomic E-state index is -0.411. The number of carbonyl (C=O) groups is 1. The maximum atomic E-state index is 11.8. The zero-order chi connectivity index (χ0) is 14.1. The van der Waals surface area contributed by atoms with Crippen LogP contribution < -0.4 is 4.74 Å². The van der Waals surface area contributed by atoms with E-state index in [4.69, 9.17) is 4.74 Å². The van der Waals surface area contributed by atoms with Crippen molar-refractivity contribution in [1.29, 1.82) is 0 Å². The van der Waals surface area contributed by atoms with Crippen molar-refractivity contribution < 1.29 is 9.53 Å². The first-order valence-corrected chi connectivity index (χ1v) is 7.22. The van der Waals surface area contributed by atoms with Gasteiger partial charge in [-0.2, -0.15) is 0 Å². The number of ether oxygens (including phenoxy) is 1. The van der Waals surface area contributed by atoms with E-state index >= 15 is 0 Å². The van der Waals surface area contributed by atoms with E-state index in [0.717, 1.165) is 21.5 Å². The first-order valence-electron chi connectivity index (χ1n) is 6.14. The second-order valence-electron chi connectivity index (χ2n) is 4.44. The van der Waals surface area contributed by atoms with Gasteiger partial charge in [-0.05, 0) is 44.8 Å². The Balaban J connectivity index is 2.29. The molecule has 3 aromatic rings. The summed E-state index contributed by atoms with van der Waals surface area (Å²) in [5.74, 6) is 0.160. The first-order chi connectivity index (χ1) is 9.66. The second-order valence-corrected chi connectivity index (χ2v) is 5.74. The molecule has 3 rings (SSSR count). The molecule has 3 heteroatoms. The van der Waals surface area contributed by atoms with Crippen LogP contribution in [-0.4, -0.2) is 5.97 Å². The van der Waals surface area contributed by atoms with Gasteiger partial charge in [0, 0.05) is 5.39 Å². The fourth-order valence-electron chi connectivity index (χ4n) is 2.26. The molecule has 0 aromatic heterocycles. The van der Waals surface area contributed by atoms with Crippen LogP contribution in [0.3, 0.4) is 0 Å². The third kappa shape index (κ3) is 2.29. The van der Waals surface area contributed by atoms with E-state index in [0.29, 0.717) is 9.33 Å². The highest BCUT2D eigenvalue weighted by atomic mass is 127. The van der Waals surface area contributed by atoms with Gasteiger partial charge in [0.1, 0.15) is 5.75 Å². The molecule has 3 aromatic carbocycles. The number of halogens is 1. The van der Waals surface area contributed by atoms with Gasteiger partial charge in [-0.1, -0.05) is 55.1 Å². The van der Waals surface area contributed by atoms with Crippen LogP contribution in [0.1, 0.15) is 0 Å². The molecule has 0 bridgehead atoms. The fourth-order valence-corrected chi connectivity index (χ4v) is 2.37. The van der Waals surface area contributed by atoms with Gasteiger partial charge in [-0.15, -0.1) is 0 Å². The molecule has 0 heterocycles. The highest BCUT2D eigenvalue weighted by Gasteiger charge is 2.12. The molecule has 0 atom stereocenters. The molecule has 0 amide bonds. The van der Waals surface area contributed by atoms with Crippen molar-refractivity contribution in [2.45, 2.75) is 0 Å². The van der Waals surface area contributed by atoms with Crippen LogP contribution in [-0.2, 0) is 4.79 Å². The second kappa shape index (κ2) is 5.25. The molecule has 2 nitrogen and oxygen atoms in total. The molecule has 0 unspecified atom stereocenters. The lowest BCUT2D eigenvalue weighted by Crippen LogP contribution is -2.07. The number of hydrogen-bond acceptors (Lipinski definition) is 2. The lowest BCUT2D eigenvalue weighted by atomic mass is 10.0. The minimum Gasteiger partial charge on any atom is -0.422 e. The van der Waals surface area contributed by atoms with Gasteiger partial charge in [-0.25, -0.2) is 4.79 Å². The first kappa shape index (κ1) is 13.1. The molecule has 0 aliphatic heterocycles. The summed E-state index contributed by atoms with van der Waals surface area (Å²) in [6.07, 6.45) is 0. The summed E-state index contributed by atoms with van der Waals surface area (Å²) in [5.41, 5.74) is 0. The lowest BCUT2D eigenvalue weighted by Gasteiger charge is -2.10. The summed E-state index contributed by atoms with van der Waals surface area (Å²) in [7, 11) is 0. The zero-order valence-corrected chi connectivity index (χ0v) is 12.8. The largest absolute Gasteiger partial charge is 0.422 e. The van der Waals surface area contributed by atoms with Crippen LogP contribution in [0.4, 0.5) is 0 Å². The summed E-state index contributed by atoms with van der Waals surface area (Å²) < 4.78 is 5.81. The van der Waals surface area contributed by atoms with Crippen LogP contribution in [0, 0.1) is 0 Å². The van der Waals surface area contributed by atoms with Gasteiger partial charge < -0.3 is 4.74 Å². The van der Waals surface area contributed by atoms with Gasteiger partial charge >= 0.3 is 5.97 Å². The summed E-state index contributed by atoms with van der Waals surface area (Å²) in [6, 6.07) is 17.9. The Kier molecular flexibility index (Phi) is 3.44. The molecular weight excluding hydrogens is 363 g/mol. The predicted octanol–water partition coefficient (Wildman–Crippen LogP) is 4.85. The van der Waals surface area contributed by atoms with E-state index in [9.17, 15) is 4.79 Å². The molecule has 98 valence electrons.